The average molecular weight is 244 g/mol. The van der Waals surface area contributed by atoms with Crippen molar-refractivity contribution in [1.29, 1.82) is 0 Å². The zero-order chi connectivity index (χ0) is 11.9. The van der Waals surface area contributed by atoms with E-state index in [-0.39, 0.29) is 25.7 Å². The SMILES string of the molecule is O=C1CCC(=O)N1[S+]([O-])N1C(=O)CCC1=O. The second-order valence-corrected chi connectivity index (χ2v) is 4.59. The maximum absolute atomic E-state index is 11.8. The largest absolute Gasteiger partial charge is 0.567 e. The molecule has 0 aliphatic carbocycles. The highest BCUT2D eigenvalue weighted by molar-refractivity contribution is 7.89. The predicted octanol–water partition coefficient (Wildman–Crippen LogP) is -1.14. The quantitative estimate of drug-likeness (QED) is 0.452. The number of carbonyl (C=O) groups is 4. The lowest BCUT2D eigenvalue weighted by Gasteiger charge is -2.21. The number of amides is 4. The summed E-state index contributed by atoms with van der Waals surface area (Å²) in [6.07, 6.45) is -0.108. The Bertz CT molecular complexity index is 328. The van der Waals surface area contributed by atoms with E-state index >= 15 is 0 Å². The molecule has 2 rings (SSSR count). The molecule has 8 heteroatoms. The van der Waals surface area contributed by atoms with E-state index < -0.39 is 35.2 Å². The van der Waals surface area contributed by atoms with Gasteiger partial charge in [0.1, 0.15) is 0 Å². The Balaban J connectivity index is 2.21. The van der Waals surface area contributed by atoms with Gasteiger partial charge in [0, 0.05) is 25.7 Å². The van der Waals surface area contributed by atoms with Crippen molar-refractivity contribution in [2.45, 2.75) is 25.7 Å². The van der Waals surface area contributed by atoms with Crippen LogP contribution in [0.5, 0.6) is 0 Å². The average Bonchev–Trinajstić information content (AvgIpc) is 2.71. The van der Waals surface area contributed by atoms with Crippen molar-refractivity contribution in [2.24, 2.45) is 0 Å². The molecule has 0 atom stereocenters. The molecule has 0 aromatic carbocycles. The number of hydrogen-bond donors (Lipinski definition) is 0. The van der Waals surface area contributed by atoms with Crippen molar-refractivity contribution >= 4 is 35.2 Å². The standard InChI is InChI=1S/C8H8N2O5S/c11-5-1-2-6(12)9(5)16(15)10-7(13)3-4-8(10)14/h1-4H2. The minimum atomic E-state index is -2.32. The number of carbonyl (C=O) groups excluding carboxylic acids is 4. The Kier molecular flexibility index (Phi) is 2.68. The van der Waals surface area contributed by atoms with Crippen LogP contribution >= 0.6 is 0 Å². The van der Waals surface area contributed by atoms with Gasteiger partial charge in [0.25, 0.3) is 23.6 Å². The normalized spacial score (nSPS) is 21.9. The third kappa shape index (κ3) is 1.59. The minimum absolute atomic E-state index is 0.0270. The van der Waals surface area contributed by atoms with Gasteiger partial charge in [-0.3, -0.25) is 19.2 Å². The van der Waals surface area contributed by atoms with Crippen LogP contribution in [0.2, 0.25) is 0 Å². The first-order valence-corrected chi connectivity index (χ1v) is 5.72. The van der Waals surface area contributed by atoms with Gasteiger partial charge in [0.15, 0.2) is 0 Å². The third-order valence-electron chi connectivity index (χ3n) is 2.32. The van der Waals surface area contributed by atoms with Gasteiger partial charge in [0.2, 0.25) is 11.5 Å². The van der Waals surface area contributed by atoms with Gasteiger partial charge >= 0.3 is 0 Å². The Morgan fingerprint density at radius 3 is 1.25 bits per heavy atom. The predicted molar refractivity (Wildman–Crippen MR) is 50.3 cm³/mol. The molecular formula is C8H8N2O5S. The fraction of sp³-hybridized carbons (Fsp3) is 0.500. The van der Waals surface area contributed by atoms with E-state index in [1.165, 1.54) is 0 Å². The molecule has 16 heavy (non-hydrogen) atoms. The lowest BCUT2D eigenvalue weighted by Crippen LogP contribution is -2.48. The van der Waals surface area contributed by atoms with Crippen molar-refractivity contribution in [3.05, 3.63) is 0 Å². The number of nitrogens with zero attached hydrogens (tertiary/aromatic N) is 2. The van der Waals surface area contributed by atoms with Crippen LogP contribution in [0.1, 0.15) is 25.7 Å². The number of hydrogen-bond acceptors (Lipinski definition) is 5. The summed E-state index contributed by atoms with van der Waals surface area (Å²) in [4.78, 5) is 45.0. The Morgan fingerprint density at radius 2 is 1.00 bits per heavy atom. The van der Waals surface area contributed by atoms with Crippen LogP contribution in [0.4, 0.5) is 0 Å². The maximum Gasteiger partial charge on any atom is 0.276 e. The lowest BCUT2D eigenvalue weighted by atomic mass is 10.4. The van der Waals surface area contributed by atoms with Crippen LogP contribution < -0.4 is 0 Å². The van der Waals surface area contributed by atoms with E-state index in [9.17, 15) is 23.7 Å². The van der Waals surface area contributed by atoms with E-state index in [0.29, 0.717) is 8.61 Å². The van der Waals surface area contributed by atoms with Gasteiger partial charge in [0.05, 0.1) is 0 Å². The topological polar surface area (TPSA) is 97.8 Å². The molecule has 0 radical (unpaired) electrons. The second-order valence-electron chi connectivity index (χ2n) is 3.39. The van der Waals surface area contributed by atoms with Crippen LogP contribution in [0, 0.1) is 0 Å². The molecule has 2 heterocycles. The molecule has 0 bridgehead atoms. The molecular weight excluding hydrogens is 236 g/mol. The molecule has 0 N–H and O–H groups in total. The molecule has 4 amide bonds. The molecule has 0 spiro atoms. The summed E-state index contributed by atoms with van der Waals surface area (Å²) in [5.41, 5.74) is 0. The van der Waals surface area contributed by atoms with Gasteiger partial charge in [-0.1, -0.05) is 8.61 Å². The van der Waals surface area contributed by atoms with Gasteiger partial charge in [-0.25, -0.2) is 0 Å². The fourth-order valence-corrected chi connectivity index (χ4v) is 2.77. The van der Waals surface area contributed by atoms with E-state index in [1.807, 2.05) is 0 Å². The Labute approximate surface area is 93.8 Å². The van der Waals surface area contributed by atoms with Gasteiger partial charge in [-0.15, -0.1) is 0 Å². The lowest BCUT2D eigenvalue weighted by molar-refractivity contribution is -0.133. The Hall–Kier alpha value is -1.41. The molecule has 7 nitrogen and oxygen atoms in total. The van der Waals surface area contributed by atoms with E-state index in [2.05, 4.69) is 0 Å². The summed E-state index contributed by atoms with van der Waals surface area (Å²) in [7, 11) is 0. The number of rotatable bonds is 2. The van der Waals surface area contributed by atoms with Crippen LogP contribution in [-0.4, -0.2) is 36.8 Å². The Morgan fingerprint density at radius 1 is 0.750 bits per heavy atom. The molecule has 0 saturated carbocycles. The minimum Gasteiger partial charge on any atom is -0.567 e. The van der Waals surface area contributed by atoms with Crippen LogP contribution in [-0.2, 0) is 30.7 Å². The summed E-state index contributed by atoms with van der Waals surface area (Å²) in [5, 5.41) is 0. The summed E-state index contributed by atoms with van der Waals surface area (Å²) in [6.45, 7) is 0. The first-order chi connectivity index (χ1) is 7.52. The molecule has 2 aliphatic rings. The molecule has 2 aliphatic heterocycles. The molecule has 2 fully saturated rings. The summed E-state index contributed by atoms with van der Waals surface area (Å²) in [5.74, 6) is -2.46. The van der Waals surface area contributed by atoms with Crippen molar-refractivity contribution < 1.29 is 23.7 Å². The highest BCUT2D eigenvalue weighted by atomic mass is 32.2. The van der Waals surface area contributed by atoms with Gasteiger partial charge < -0.3 is 4.55 Å². The molecule has 0 unspecified atom stereocenters. The maximum atomic E-state index is 11.8. The van der Waals surface area contributed by atoms with Crippen LogP contribution in [0.15, 0.2) is 0 Å². The van der Waals surface area contributed by atoms with Crippen LogP contribution in [0.3, 0.4) is 0 Å². The first kappa shape index (κ1) is 11.1. The third-order valence-corrected chi connectivity index (χ3v) is 3.76. The molecule has 86 valence electrons. The first-order valence-electron chi connectivity index (χ1n) is 4.66. The zero-order valence-corrected chi connectivity index (χ0v) is 8.99. The highest BCUT2D eigenvalue weighted by Gasteiger charge is 2.49. The highest BCUT2D eigenvalue weighted by Crippen LogP contribution is 2.24. The van der Waals surface area contributed by atoms with Gasteiger partial charge in [-0.2, -0.15) is 0 Å². The monoisotopic (exact) mass is 244 g/mol. The van der Waals surface area contributed by atoms with Crippen LogP contribution in [0.25, 0.3) is 0 Å². The van der Waals surface area contributed by atoms with E-state index in [1.54, 1.807) is 0 Å². The summed E-state index contributed by atoms with van der Waals surface area (Å²) >= 11 is -2.32. The van der Waals surface area contributed by atoms with E-state index in [0.717, 1.165) is 0 Å². The second kappa shape index (κ2) is 3.87. The molecule has 0 aromatic heterocycles. The van der Waals surface area contributed by atoms with Crippen molar-refractivity contribution in [3.8, 4) is 0 Å². The molecule has 0 aromatic rings. The van der Waals surface area contributed by atoms with Crippen molar-refractivity contribution in [2.75, 3.05) is 0 Å². The zero-order valence-electron chi connectivity index (χ0n) is 8.17. The summed E-state index contributed by atoms with van der Waals surface area (Å²) in [6, 6.07) is 0. The van der Waals surface area contributed by atoms with Crippen molar-refractivity contribution in [3.63, 3.8) is 0 Å². The van der Waals surface area contributed by atoms with E-state index in [4.69, 9.17) is 0 Å². The molecule has 2 saturated heterocycles. The van der Waals surface area contributed by atoms with Gasteiger partial charge in [-0.05, 0) is 0 Å². The summed E-state index contributed by atoms with van der Waals surface area (Å²) < 4.78 is 12.7. The van der Waals surface area contributed by atoms with Crippen molar-refractivity contribution in [1.82, 2.24) is 8.61 Å². The number of imide groups is 2. The fourth-order valence-electron chi connectivity index (χ4n) is 1.54. The smallest absolute Gasteiger partial charge is 0.276 e.